The van der Waals surface area contributed by atoms with Crippen LogP contribution >= 0.6 is 0 Å². The molecule has 2 atom stereocenters. The summed E-state index contributed by atoms with van der Waals surface area (Å²) in [6.45, 7) is 1.70. The van der Waals surface area contributed by atoms with Crippen LogP contribution in [0.15, 0.2) is 29.2 Å². The molecule has 2 unspecified atom stereocenters. The topological polar surface area (TPSA) is 109 Å². The number of nitrogens with two attached hydrogens (primary N) is 1. The van der Waals surface area contributed by atoms with Crippen LogP contribution in [-0.4, -0.2) is 25.5 Å². The van der Waals surface area contributed by atoms with Crippen molar-refractivity contribution in [1.82, 2.24) is 0 Å². The molecule has 0 radical (unpaired) electrons. The molecular formula is C14H20N2O4S. The molecule has 6 nitrogen and oxygen atoms in total. The van der Waals surface area contributed by atoms with Crippen LogP contribution in [0.2, 0.25) is 0 Å². The number of para-hydroxylation sites is 1. The summed E-state index contributed by atoms with van der Waals surface area (Å²) >= 11 is 0. The molecule has 1 aromatic carbocycles. The number of aliphatic carboxylic acids is 1. The Morgan fingerprint density at radius 1 is 1.38 bits per heavy atom. The van der Waals surface area contributed by atoms with Crippen LogP contribution in [0.5, 0.6) is 0 Å². The third-order valence-corrected chi connectivity index (χ3v) is 5.19. The minimum Gasteiger partial charge on any atom is -0.481 e. The highest BCUT2D eigenvalue weighted by Crippen LogP contribution is 2.38. The summed E-state index contributed by atoms with van der Waals surface area (Å²) in [5, 5.41) is 17.8. The molecule has 4 N–H and O–H groups in total. The average Bonchev–Trinajstić information content (AvgIpc) is 2.41. The molecule has 1 aliphatic carbocycles. The van der Waals surface area contributed by atoms with E-state index in [4.69, 9.17) is 5.14 Å². The molecule has 0 spiro atoms. The fourth-order valence-electron chi connectivity index (χ4n) is 2.84. The lowest BCUT2D eigenvalue weighted by Crippen LogP contribution is -2.46. The van der Waals surface area contributed by atoms with E-state index in [-0.39, 0.29) is 10.9 Å². The number of hydrogen-bond acceptors (Lipinski definition) is 4. The van der Waals surface area contributed by atoms with Crippen LogP contribution in [0.1, 0.15) is 32.6 Å². The number of nitrogens with one attached hydrogen (secondary N) is 1. The number of rotatable bonds is 4. The number of carboxylic acid groups (broad SMARTS) is 1. The Hall–Kier alpha value is -1.60. The van der Waals surface area contributed by atoms with Crippen molar-refractivity contribution in [3.63, 3.8) is 0 Å². The van der Waals surface area contributed by atoms with Gasteiger partial charge >= 0.3 is 5.97 Å². The van der Waals surface area contributed by atoms with Gasteiger partial charge < -0.3 is 10.4 Å². The van der Waals surface area contributed by atoms with Gasteiger partial charge in [0.15, 0.2) is 0 Å². The molecule has 0 bridgehead atoms. The first kappa shape index (κ1) is 15.8. The molecule has 0 aromatic heterocycles. The molecule has 1 saturated carbocycles. The summed E-state index contributed by atoms with van der Waals surface area (Å²) in [6.07, 6.45) is 3.02. The molecule has 0 amide bonds. The molecule has 1 aromatic rings. The third kappa shape index (κ3) is 3.19. The Bertz CT molecular complexity index is 644. The summed E-state index contributed by atoms with van der Waals surface area (Å²) < 4.78 is 23.2. The van der Waals surface area contributed by atoms with Crippen LogP contribution in [0.3, 0.4) is 0 Å². The van der Waals surface area contributed by atoms with E-state index in [2.05, 4.69) is 5.32 Å². The van der Waals surface area contributed by atoms with Gasteiger partial charge in [0.1, 0.15) is 4.90 Å². The molecule has 21 heavy (non-hydrogen) atoms. The van der Waals surface area contributed by atoms with Gasteiger partial charge in [-0.3, -0.25) is 4.79 Å². The molecule has 0 heterocycles. The second kappa shape index (κ2) is 5.65. The molecule has 1 fully saturated rings. The van der Waals surface area contributed by atoms with E-state index >= 15 is 0 Å². The molecule has 2 rings (SSSR count). The largest absolute Gasteiger partial charge is 0.481 e. The van der Waals surface area contributed by atoms with E-state index in [9.17, 15) is 18.3 Å². The van der Waals surface area contributed by atoms with Crippen molar-refractivity contribution in [2.75, 3.05) is 5.32 Å². The van der Waals surface area contributed by atoms with Crippen molar-refractivity contribution in [3.8, 4) is 0 Å². The molecule has 116 valence electrons. The zero-order valence-corrected chi connectivity index (χ0v) is 12.7. The predicted octanol–water partition coefficient (Wildman–Crippen LogP) is 1.78. The highest BCUT2D eigenvalue weighted by Gasteiger charge is 2.43. The molecular weight excluding hydrogens is 292 g/mol. The maximum atomic E-state index is 11.6. The van der Waals surface area contributed by atoms with Gasteiger partial charge in [-0.05, 0) is 31.9 Å². The Labute approximate surface area is 124 Å². The van der Waals surface area contributed by atoms with Gasteiger partial charge in [0.25, 0.3) is 0 Å². The van der Waals surface area contributed by atoms with Crippen molar-refractivity contribution in [3.05, 3.63) is 24.3 Å². The Balaban J connectivity index is 2.35. The lowest BCUT2D eigenvalue weighted by molar-refractivity contribution is -0.150. The standard InChI is InChI=1S/C14H20N2O4S/c1-14(13(17)18)9-5-4-8-12(14)16-10-6-2-3-7-11(10)21(15,19)20/h2-3,6-7,12,16H,4-5,8-9H2,1H3,(H,17,18)(H2,15,19,20). The van der Waals surface area contributed by atoms with Gasteiger partial charge in [-0.1, -0.05) is 25.0 Å². The van der Waals surface area contributed by atoms with Crippen LogP contribution < -0.4 is 10.5 Å². The van der Waals surface area contributed by atoms with Crippen LogP contribution in [0.25, 0.3) is 0 Å². The van der Waals surface area contributed by atoms with Gasteiger partial charge in [-0.15, -0.1) is 0 Å². The second-order valence-corrected chi connectivity index (χ2v) is 7.24. The first-order chi connectivity index (χ1) is 9.75. The van der Waals surface area contributed by atoms with Crippen molar-refractivity contribution in [2.45, 2.75) is 43.5 Å². The van der Waals surface area contributed by atoms with E-state index in [0.717, 1.165) is 12.8 Å². The molecule has 0 saturated heterocycles. The van der Waals surface area contributed by atoms with E-state index in [1.165, 1.54) is 6.07 Å². The predicted molar refractivity (Wildman–Crippen MR) is 79.4 cm³/mol. The Morgan fingerprint density at radius 3 is 2.67 bits per heavy atom. The van der Waals surface area contributed by atoms with Crippen molar-refractivity contribution >= 4 is 21.7 Å². The quantitative estimate of drug-likeness (QED) is 0.785. The SMILES string of the molecule is CC1(C(=O)O)CCCCC1Nc1ccccc1S(N)(=O)=O. The number of primary sulfonamides is 1. The first-order valence-corrected chi connectivity index (χ1v) is 8.41. The van der Waals surface area contributed by atoms with Crippen LogP contribution in [0.4, 0.5) is 5.69 Å². The number of carboxylic acids is 1. The average molecular weight is 312 g/mol. The number of anilines is 1. The lowest BCUT2D eigenvalue weighted by Gasteiger charge is -2.39. The number of sulfonamides is 1. The van der Waals surface area contributed by atoms with Crippen LogP contribution in [-0.2, 0) is 14.8 Å². The highest BCUT2D eigenvalue weighted by molar-refractivity contribution is 7.89. The van der Waals surface area contributed by atoms with Crippen LogP contribution in [0, 0.1) is 5.41 Å². The zero-order valence-electron chi connectivity index (χ0n) is 11.9. The summed E-state index contributed by atoms with van der Waals surface area (Å²) in [5.41, 5.74) is -0.552. The first-order valence-electron chi connectivity index (χ1n) is 6.87. The fraction of sp³-hybridized carbons (Fsp3) is 0.500. The molecule has 0 aliphatic heterocycles. The van der Waals surface area contributed by atoms with Gasteiger partial charge in [-0.25, -0.2) is 13.6 Å². The van der Waals surface area contributed by atoms with Crippen molar-refractivity contribution in [2.24, 2.45) is 10.6 Å². The summed E-state index contributed by atoms with van der Waals surface area (Å²) in [6, 6.07) is 5.97. The van der Waals surface area contributed by atoms with E-state index in [1.54, 1.807) is 25.1 Å². The number of hydrogen-bond donors (Lipinski definition) is 3. The smallest absolute Gasteiger partial charge is 0.311 e. The third-order valence-electron chi connectivity index (χ3n) is 4.22. The zero-order chi connectivity index (χ0) is 15.7. The maximum absolute atomic E-state index is 11.6. The lowest BCUT2D eigenvalue weighted by atomic mass is 9.71. The van der Waals surface area contributed by atoms with Gasteiger partial charge in [-0.2, -0.15) is 0 Å². The monoisotopic (exact) mass is 312 g/mol. The molecule has 7 heteroatoms. The minimum absolute atomic E-state index is 0.0108. The minimum atomic E-state index is -3.85. The maximum Gasteiger partial charge on any atom is 0.311 e. The van der Waals surface area contributed by atoms with E-state index in [1.807, 2.05) is 0 Å². The summed E-state index contributed by atoms with van der Waals surface area (Å²) in [5.74, 6) is -0.868. The Morgan fingerprint density at radius 2 is 2.05 bits per heavy atom. The number of benzene rings is 1. The number of carbonyl (C=O) groups is 1. The summed E-state index contributed by atoms with van der Waals surface area (Å²) in [4.78, 5) is 11.6. The molecule has 1 aliphatic rings. The van der Waals surface area contributed by atoms with Gasteiger partial charge in [0, 0.05) is 6.04 Å². The Kier molecular flexibility index (Phi) is 4.25. The normalized spacial score (nSPS) is 26.3. The van der Waals surface area contributed by atoms with Crippen molar-refractivity contribution < 1.29 is 18.3 Å². The highest BCUT2D eigenvalue weighted by atomic mass is 32.2. The fourth-order valence-corrected chi connectivity index (χ4v) is 3.54. The summed E-state index contributed by atoms with van der Waals surface area (Å²) in [7, 11) is -3.85. The van der Waals surface area contributed by atoms with Gasteiger partial charge in [0.2, 0.25) is 10.0 Å². The van der Waals surface area contributed by atoms with E-state index in [0.29, 0.717) is 18.5 Å². The van der Waals surface area contributed by atoms with E-state index < -0.39 is 21.4 Å². The van der Waals surface area contributed by atoms with Gasteiger partial charge in [0.05, 0.1) is 11.1 Å². The second-order valence-electron chi connectivity index (χ2n) is 5.71. The van der Waals surface area contributed by atoms with Crippen molar-refractivity contribution in [1.29, 1.82) is 0 Å².